The van der Waals surface area contributed by atoms with Crippen molar-refractivity contribution in [3.05, 3.63) is 0 Å². The van der Waals surface area contributed by atoms with Gasteiger partial charge in [0.15, 0.2) is 5.96 Å². The minimum absolute atomic E-state index is 0.244. The van der Waals surface area contributed by atoms with E-state index >= 15 is 0 Å². The molecule has 5 nitrogen and oxygen atoms in total. The third-order valence-electron chi connectivity index (χ3n) is 0.684. The first-order valence-electron chi connectivity index (χ1n) is 2.33. The molecule has 0 aliphatic rings. The molecule has 0 fully saturated rings. The van der Waals surface area contributed by atoms with Crippen molar-refractivity contribution in [2.45, 2.75) is 13.0 Å². The van der Waals surface area contributed by atoms with Gasteiger partial charge in [-0.3, -0.25) is 0 Å². The number of hydrogen-bond acceptors (Lipinski definition) is 3. The third-order valence-corrected chi connectivity index (χ3v) is 0.684. The van der Waals surface area contributed by atoms with Crippen LogP contribution in [-0.2, 0) is 4.79 Å². The van der Waals surface area contributed by atoms with Gasteiger partial charge in [-0.2, -0.15) is 0 Å². The highest BCUT2D eigenvalue weighted by Crippen LogP contribution is 1.83. The minimum atomic E-state index is -1.29. The van der Waals surface area contributed by atoms with Crippen LogP contribution in [-0.4, -0.2) is 18.0 Å². The maximum atomic E-state index is 9.91. The summed E-state index contributed by atoms with van der Waals surface area (Å²) in [4.78, 5) is 13.2. The molecule has 5 heteroatoms. The quantitative estimate of drug-likeness (QED) is 0.316. The lowest BCUT2D eigenvalue weighted by Crippen LogP contribution is -2.35. The van der Waals surface area contributed by atoms with Crippen LogP contribution in [0.25, 0.3) is 0 Å². The Labute approximate surface area is 52.4 Å². The van der Waals surface area contributed by atoms with Crippen LogP contribution in [0.4, 0.5) is 0 Å². The molecular weight excluding hydrogens is 122 g/mol. The summed E-state index contributed by atoms with van der Waals surface area (Å²) in [5.74, 6) is -1.53. The molecule has 0 aromatic heterocycles. The second-order valence-corrected chi connectivity index (χ2v) is 1.55. The average molecular weight is 130 g/mol. The average Bonchev–Trinajstić information content (AvgIpc) is 1.63. The summed E-state index contributed by atoms with van der Waals surface area (Å²) in [5, 5.41) is 9.91. The number of carboxylic acids is 1. The van der Waals surface area contributed by atoms with Crippen molar-refractivity contribution in [2.24, 2.45) is 16.5 Å². The zero-order chi connectivity index (χ0) is 7.44. The van der Waals surface area contributed by atoms with Gasteiger partial charge in [0, 0.05) is 0 Å². The summed E-state index contributed by atoms with van der Waals surface area (Å²) in [7, 11) is 0. The monoisotopic (exact) mass is 130 g/mol. The molecule has 0 aromatic rings. The predicted molar refractivity (Wildman–Crippen MR) is 30.3 cm³/mol. The Kier molecular flexibility index (Phi) is 2.50. The van der Waals surface area contributed by atoms with E-state index in [1.165, 1.54) is 6.92 Å². The Hall–Kier alpha value is -1.26. The maximum absolute atomic E-state index is 9.91. The van der Waals surface area contributed by atoms with Crippen LogP contribution in [0, 0.1) is 0 Å². The molecule has 0 spiro atoms. The Bertz CT molecular complexity index is 139. The minimum Gasteiger partial charge on any atom is -0.548 e. The number of carbonyl (C=O) groups is 1. The number of rotatable bonds is 2. The van der Waals surface area contributed by atoms with E-state index < -0.39 is 12.0 Å². The van der Waals surface area contributed by atoms with Gasteiger partial charge in [-0.15, -0.1) is 0 Å². The van der Waals surface area contributed by atoms with Crippen LogP contribution in [0.2, 0.25) is 0 Å². The number of carbonyl (C=O) groups excluding carboxylic acids is 1. The third kappa shape index (κ3) is 3.33. The summed E-state index contributed by atoms with van der Waals surface area (Å²) in [5.41, 5.74) is 9.74. The molecule has 0 saturated carbocycles. The molecule has 4 N–H and O–H groups in total. The maximum Gasteiger partial charge on any atom is 0.186 e. The summed E-state index contributed by atoms with van der Waals surface area (Å²) in [6.07, 6.45) is 0. The number of nitrogens with two attached hydrogens (primary N) is 2. The van der Waals surface area contributed by atoms with Crippen LogP contribution < -0.4 is 16.6 Å². The molecule has 0 aromatic carbocycles. The van der Waals surface area contributed by atoms with E-state index in [4.69, 9.17) is 11.5 Å². The van der Waals surface area contributed by atoms with E-state index in [0.29, 0.717) is 0 Å². The van der Waals surface area contributed by atoms with Gasteiger partial charge in [0.2, 0.25) is 0 Å². The first kappa shape index (κ1) is 7.74. The number of hydrogen-bond donors (Lipinski definition) is 2. The highest BCUT2D eigenvalue weighted by atomic mass is 16.4. The fourth-order valence-electron chi connectivity index (χ4n) is 0.276. The van der Waals surface area contributed by atoms with Crippen LogP contribution in [0.1, 0.15) is 6.92 Å². The smallest absolute Gasteiger partial charge is 0.186 e. The lowest BCUT2D eigenvalue weighted by Gasteiger charge is -2.05. The normalized spacial score (nSPS) is 12.1. The second-order valence-electron chi connectivity index (χ2n) is 1.55. The van der Waals surface area contributed by atoms with Crippen LogP contribution in [0.3, 0.4) is 0 Å². The first-order chi connectivity index (χ1) is 4.04. The van der Waals surface area contributed by atoms with Gasteiger partial charge < -0.3 is 21.4 Å². The standard InChI is InChI=1S/C4H9N3O2/c1-2(3(8)9)7-4(5)6/h2H,1H3,(H,8,9)(H4,5,6,7)/p-1. The summed E-state index contributed by atoms with van der Waals surface area (Å²) in [6, 6.07) is -0.963. The van der Waals surface area contributed by atoms with E-state index in [0.717, 1.165) is 0 Å². The van der Waals surface area contributed by atoms with Gasteiger partial charge in [-0.1, -0.05) is 0 Å². The number of aliphatic imine (C=N–C) groups is 1. The topological polar surface area (TPSA) is 105 Å². The SMILES string of the molecule is CC(N=C(N)N)C(=O)[O-]. The van der Waals surface area contributed by atoms with Crippen molar-refractivity contribution in [1.82, 2.24) is 0 Å². The highest BCUT2D eigenvalue weighted by Gasteiger charge is 1.97. The van der Waals surface area contributed by atoms with Gasteiger partial charge in [0.25, 0.3) is 0 Å². The van der Waals surface area contributed by atoms with Crippen molar-refractivity contribution in [1.29, 1.82) is 0 Å². The molecule has 0 radical (unpaired) electrons. The molecule has 0 aliphatic heterocycles. The fraction of sp³-hybridized carbons (Fsp3) is 0.500. The zero-order valence-electron chi connectivity index (χ0n) is 5.00. The van der Waals surface area contributed by atoms with Crippen molar-refractivity contribution in [3.63, 3.8) is 0 Å². The van der Waals surface area contributed by atoms with Crippen LogP contribution >= 0.6 is 0 Å². The van der Waals surface area contributed by atoms with Crippen molar-refractivity contribution in [3.8, 4) is 0 Å². The Morgan fingerprint density at radius 1 is 1.67 bits per heavy atom. The molecule has 0 bridgehead atoms. The van der Waals surface area contributed by atoms with E-state index in [-0.39, 0.29) is 5.96 Å². The summed E-state index contributed by atoms with van der Waals surface area (Å²) in [6.45, 7) is 1.33. The predicted octanol–water partition coefficient (Wildman–Crippen LogP) is -2.60. The summed E-state index contributed by atoms with van der Waals surface area (Å²) >= 11 is 0. The van der Waals surface area contributed by atoms with Crippen LogP contribution in [0.15, 0.2) is 4.99 Å². The zero-order valence-corrected chi connectivity index (χ0v) is 5.00. The van der Waals surface area contributed by atoms with Gasteiger partial charge >= 0.3 is 0 Å². The van der Waals surface area contributed by atoms with E-state index in [1.807, 2.05) is 0 Å². The molecule has 52 valence electrons. The molecule has 1 atom stereocenters. The van der Waals surface area contributed by atoms with Gasteiger partial charge in [-0.25, -0.2) is 4.99 Å². The molecule has 0 rings (SSSR count). The largest absolute Gasteiger partial charge is 0.548 e. The molecule has 0 amide bonds. The number of guanidine groups is 1. The fourth-order valence-corrected chi connectivity index (χ4v) is 0.276. The number of carboxylic acid groups (broad SMARTS) is 1. The first-order valence-corrected chi connectivity index (χ1v) is 2.33. The van der Waals surface area contributed by atoms with Crippen molar-refractivity contribution < 1.29 is 9.90 Å². The van der Waals surface area contributed by atoms with Crippen LogP contribution in [0.5, 0.6) is 0 Å². The van der Waals surface area contributed by atoms with Crippen molar-refractivity contribution in [2.75, 3.05) is 0 Å². The molecular formula is C4H8N3O2-. The van der Waals surface area contributed by atoms with Gasteiger partial charge in [-0.05, 0) is 6.92 Å². The summed E-state index contributed by atoms with van der Waals surface area (Å²) < 4.78 is 0. The Balaban J connectivity index is 3.91. The Morgan fingerprint density at radius 3 is 2.22 bits per heavy atom. The van der Waals surface area contributed by atoms with E-state index in [9.17, 15) is 9.90 Å². The molecule has 0 heterocycles. The van der Waals surface area contributed by atoms with Gasteiger partial charge in [0.05, 0.1) is 12.0 Å². The Morgan fingerprint density at radius 2 is 2.11 bits per heavy atom. The van der Waals surface area contributed by atoms with Crippen molar-refractivity contribution >= 4 is 11.9 Å². The lowest BCUT2D eigenvalue weighted by atomic mass is 10.4. The highest BCUT2D eigenvalue weighted by molar-refractivity contribution is 5.80. The number of aliphatic carboxylic acids is 1. The van der Waals surface area contributed by atoms with E-state index in [2.05, 4.69) is 4.99 Å². The molecule has 0 aliphatic carbocycles. The molecule has 0 saturated heterocycles. The molecule has 9 heavy (non-hydrogen) atoms. The van der Waals surface area contributed by atoms with Gasteiger partial charge in [0.1, 0.15) is 0 Å². The second kappa shape index (κ2) is 2.91. The van der Waals surface area contributed by atoms with E-state index in [1.54, 1.807) is 0 Å². The lowest BCUT2D eigenvalue weighted by molar-refractivity contribution is -0.306. The molecule has 1 unspecified atom stereocenters. The number of nitrogens with zero attached hydrogens (tertiary/aromatic N) is 1.